The number of hydrogen-bond acceptors (Lipinski definition) is 5. The van der Waals surface area contributed by atoms with Crippen molar-refractivity contribution in [2.75, 3.05) is 36.0 Å². The van der Waals surface area contributed by atoms with Crippen LogP contribution in [0.1, 0.15) is 24.6 Å². The molecule has 0 bridgehead atoms. The molecule has 2 aromatic heterocycles. The van der Waals surface area contributed by atoms with E-state index in [1.54, 1.807) is 0 Å². The lowest BCUT2D eigenvalue weighted by Gasteiger charge is -2.24. The number of anilines is 2. The molecule has 0 radical (unpaired) electrons. The second-order valence-corrected chi connectivity index (χ2v) is 6.04. The Morgan fingerprint density at radius 3 is 2.38 bits per heavy atom. The molecule has 0 spiro atoms. The standard InChI is InChI=1S/C17H19F4N5/c1-2-13-15(18)16(24-11-23-13)26-7-3-6-25(8-9-26)14-5-4-12(10-22-14)17(19,20)21/h4-5,10-11H,2-3,6-9H2,1H3. The lowest BCUT2D eigenvalue weighted by molar-refractivity contribution is -0.137. The fourth-order valence-corrected chi connectivity index (χ4v) is 2.96. The highest BCUT2D eigenvalue weighted by Crippen LogP contribution is 2.29. The monoisotopic (exact) mass is 369 g/mol. The molecule has 0 aromatic carbocycles. The van der Waals surface area contributed by atoms with Gasteiger partial charge >= 0.3 is 6.18 Å². The molecule has 1 aliphatic rings. The molecule has 140 valence electrons. The van der Waals surface area contributed by atoms with Crippen molar-refractivity contribution in [2.24, 2.45) is 0 Å². The average Bonchev–Trinajstić information content (AvgIpc) is 2.87. The van der Waals surface area contributed by atoms with E-state index in [0.29, 0.717) is 50.5 Å². The minimum absolute atomic E-state index is 0.277. The Hall–Kier alpha value is -2.45. The van der Waals surface area contributed by atoms with Crippen LogP contribution in [0.15, 0.2) is 24.7 Å². The summed E-state index contributed by atoms with van der Waals surface area (Å²) >= 11 is 0. The molecule has 9 heteroatoms. The first-order valence-electron chi connectivity index (χ1n) is 8.42. The molecule has 3 rings (SSSR count). The SMILES string of the molecule is CCc1ncnc(N2CCCN(c3ccc(C(F)(F)F)cn3)CC2)c1F. The molecule has 1 fully saturated rings. The van der Waals surface area contributed by atoms with Crippen molar-refractivity contribution in [3.8, 4) is 0 Å². The van der Waals surface area contributed by atoms with E-state index in [-0.39, 0.29) is 5.82 Å². The van der Waals surface area contributed by atoms with Gasteiger partial charge in [-0.25, -0.2) is 19.3 Å². The second-order valence-electron chi connectivity index (χ2n) is 6.04. The molecule has 0 unspecified atom stereocenters. The number of nitrogens with zero attached hydrogens (tertiary/aromatic N) is 5. The van der Waals surface area contributed by atoms with Gasteiger partial charge in [0.15, 0.2) is 11.6 Å². The number of hydrogen-bond donors (Lipinski definition) is 0. The highest BCUT2D eigenvalue weighted by molar-refractivity contribution is 5.44. The number of rotatable bonds is 3. The van der Waals surface area contributed by atoms with Crippen molar-refractivity contribution < 1.29 is 17.6 Å². The summed E-state index contributed by atoms with van der Waals surface area (Å²) in [5.74, 6) is 0.354. The molecule has 1 aliphatic heterocycles. The van der Waals surface area contributed by atoms with Crippen molar-refractivity contribution >= 4 is 11.6 Å². The first-order valence-corrected chi connectivity index (χ1v) is 8.42. The highest BCUT2D eigenvalue weighted by Gasteiger charge is 2.31. The second kappa shape index (κ2) is 7.43. The van der Waals surface area contributed by atoms with Gasteiger partial charge in [0, 0.05) is 32.4 Å². The van der Waals surface area contributed by atoms with Crippen molar-refractivity contribution in [1.29, 1.82) is 0 Å². The molecule has 1 saturated heterocycles. The minimum atomic E-state index is -4.40. The average molecular weight is 369 g/mol. The van der Waals surface area contributed by atoms with Gasteiger partial charge in [0.05, 0.1) is 11.3 Å². The van der Waals surface area contributed by atoms with E-state index in [1.807, 2.05) is 16.7 Å². The van der Waals surface area contributed by atoms with E-state index >= 15 is 0 Å². The Morgan fingerprint density at radius 2 is 1.73 bits per heavy atom. The first kappa shape index (κ1) is 18.3. The summed E-state index contributed by atoms with van der Waals surface area (Å²) in [5, 5.41) is 0. The van der Waals surface area contributed by atoms with E-state index in [1.165, 1.54) is 12.4 Å². The van der Waals surface area contributed by atoms with Crippen LogP contribution in [0.25, 0.3) is 0 Å². The molecule has 3 heterocycles. The fourth-order valence-electron chi connectivity index (χ4n) is 2.96. The van der Waals surface area contributed by atoms with Crippen LogP contribution in [0.4, 0.5) is 29.2 Å². The number of halogens is 4. The van der Waals surface area contributed by atoms with E-state index in [9.17, 15) is 17.6 Å². The maximum absolute atomic E-state index is 14.5. The van der Waals surface area contributed by atoms with Crippen molar-refractivity contribution in [2.45, 2.75) is 25.9 Å². The molecule has 0 atom stereocenters. The molecular formula is C17H19F4N5. The van der Waals surface area contributed by atoms with E-state index in [4.69, 9.17) is 0 Å². The molecular weight excluding hydrogens is 350 g/mol. The van der Waals surface area contributed by atoms with Crippen LogP contribution in [-0.2, 0) is 12.6 Å². The Kier molecular flexibility index (Phi) is 5.24. The van der Waals surface area contributed by atoms with Gasteiger partial charge in [-0.15, -0.1) is 0 Å². The lowest BCUT2D eigenvalue weighted by atomic mass is 10.2. The van der Waals surface area contributed by atoms with Gasteiger partial charge in [-0.2, -0.15) is 13.2 Å². The van der Waals surface area contributed by atoms with Crippen molar-refractivity contribution in [3.63, 3.8) is 0 Å². The normalized spacial score (nSPS) is 15.9. The zero-order valence-electron chi connectivity index (χ0n) is 14.3. The highest BCUT2D eigenvalue weighted by atomic mass is 19.4. The Balaban J connectivity index is 1.73. The number of aryl methyl sites for hydroxylation is 1. The smallest absolute Gasteiger partial charge is 0.355 e. The fraction of sp³-hybridized carbons (Fsp3) is 0.471. The summed E-state index contributed by atoms with van der Waals surface area (Å²) in [6, 6.07) is 2.40. The number of aromatic nitrogens is 3. The maximum atomic E-state index is 14.5. The van der Waals surface area contributed by atoms with E-state index in [2.05, 4.69) is 15.0 Å². The predicted octanol–water partition coefficient (Wildman–Crippen LogP) is 3.31. The largest absolute Gasteiger partial charge is 0.417 e. The third kappa shape index (κ3) is 3.86. The van der Waals surface area contributed by atoms with Crippen LogP contribution >= 0.6 is 0 Å². The summed E-state index contributed by atoms with van der Waals surface area (Å²) in [4.78, 5) is 15.7. The summed E-state index contributed by atoms with van der Waals surface area (Å²) in [6.45, 7) is 4.08. The van der Waals surface area contributed by atoms with E-state index in [0.717, 1.165) is 12.3 Å². The van der Waals surface area contributed by atoms with Gasteiger partial charge in [0.25, 0.3) is 0 Å². The first-order chi connectivity index (χ1) is 12.4. The van der Waals surface area contributed by atoms with Gasteiger partial charge in [-0.05, 0) is 25.0 Å². The van der Waals surface area contributed by atoms with Crippen LogP contribution in [0, 0.1) is 5.82 Å². The van der Waals surface area contributed by atoms with Crippen LogP contribution in [0.5, 0.6) is 0 Å². The van der Waals surface area contributed by atoms with Gasteiger partial charge in [0.2, 0.25) is 0 Å². The molecule has 0 N–H and O–H groups in total. The van der Waals surface area contributed by atoms with Crippen molar-refractivity contribution in [1.82, 2.24) is 15.0 Å². The summed E-state index contributed by atoms with van der Waals surface area (Å²) in [6.07, 6.45) is -1.00. The Bertz CT molecular complexity index is 748. The molecule has 5 nitrogen and oxygen atoms in total. The van der Waals surface area contributed by atoms with Crippen LogP contribution in [0.3, 0.4) is 0 Å². The molecule has 0 amide bonds. The van der Waals surface area contributed by atoms with Gasteiger partial charge in [-0.1, -0.05) is 6.92 Å². The Morgan fingerprint density at radius 1 is 1.00 bits per heavy atom. The summed E-state index contributed by atoms with van der Waals surface area (Å²) in [5.41, 5.74) is -0.395. The van der Waals surface area contributed by atoms with Crippen LogP contribution in [0.2, 0.25) is 0 Å². The third-order valence-electron chi connectivity index (χ3n) is 4.37. The molecule has 0 aliphatic carbocycles. The zero-order chi connectivity index (χ0) is 18.7. The van der Waals surface area contributed by atoms with Gasteiger partial charge < -0.3 is 9.80 Å². The quantitative estimate of drug-likeness (QED) is 0.777. The molecule has 0 saturated carbocycles. The third-order valence-corrected chi connectivity index (χ3v) is 4.37. The predicted molar refractivity (Wildman–Crippen MR) is 89.7 cm³/mol. The van der Waals surface area contributed by atoms with Crippen LogP contribution < -0.4 is 9.80 Å². The zero-order valence-corrected chi connectivity index (χ0v) is 14.3. The summed E-state index contributed by atoms with van der Waals surface area (Å²) < 4.78 is 52.4. The number of alkyl halides is 3. The van der Waals surface area contributed by atoms with Gasteiger partial charge in [-0.3, -0.25) is 0 Å². The number of pyridine rings is 1. The minimum Gasteiger partial charge on any atom is -0.355 e. The van der Waals surface area contributed by atoms with E-state index < -0.39 is 17.6 Å². The molecule has 2 aromatic rings. The van der Waals surface area contributed by atoms with Crippen LogP contribution in [-0.4, -0.2) is 41.1 Å². The maximum Gasteiger partial charge on any atom is 0.417 e. The summed E-state index contributed by atoms with van der Waals surface area (Å²) in [7, 11) is 0. The lowest BCUT2D eigenvalue weighted by Crippen LogP contribution is -2.32. The van der Waals surface area contributed by atoms with Crippen molar-refractivity contribution in [3.05, 3.63) is 41.7 Å². The van der Waals surface area contributed by atoms with Gasteiger partial charge in [0.1, 0.15) is 12.1 Å². The Labute approximate surface area is 148 Å². The topological polar surface area (TPSA) is 45.2 Å². The molecule has 26 heavy (non-hydrogen) atoms.